The predicted molar refractivity (Wildman–Crippen MR) is 101 cm³/mol. The van der Waals surface area contributed by atoms with Crippen LogP contribution in [0.15, 0.2) is 36.8 Å². The van der Waals surface area contributed by atoms with Gasteiger partial charge in [0.1, 0.15) is 12.4 Å². The first-order valence-electron chi connectivity index (χ1n) is 9.53. The molecule has 3 aromatic rings. The number of imidazole rings is 1. The van der Waals surface area contributed by atoms with Gasteiger partial charge in [-0.15, -0.1) is 0 Å². The van der Waals surface area contributed by atoms with Gasteiger partial charge in [0, 0.05) is 31.3 Å². The van der Waals surface area contributed by atoms with Crippen LogP contribution in [-0.4, -0.2) is 43.4 Å². The normalized spacial score (nSPS) is 19.4. The lowest BCUT2D eigenvalue weighted by atomic mass is 10.1. The second-order valence-corrected chi connectivity index (χ2v) is 7.28. The van der Waals surface area contributed by atoms with Crippen LogP contribution in [-0.2, 0) is 24.3 Å². The first-order valence-corrected chi connectivity index (χ1v) is 9.53. The number of aromatic nitrogens is 4. The molecule has 0 unspecified atom stereocenters. The van der Waals surface area contributed by atoms with Crippen molar-refractivity contribution < 1.29 is 4.79 Å². The van der Waals surface area contributed by atoms with Gasteiger partial charge >= 0.3 is 0 Å². The number of amides is 1. The molecule has 7 nitrogen and oxygen atoms in total. The van der Waals surface area contributed by atoms with Crippen LogP contribution in [0.5, 0.6) is 0 Å². The highest BCUT2D eigenvalue weighted by molar-refractivity contribution is 5.80. The third-order valence-corrected chi connectivity index (χ3v) is 5.51. The zero-order valence-corrected chi connectivity index (χ0v) is 15.1. The Morgan fingerprint density at radius 1 is 1.26 bits per heavy atom. The van der Waals surface area contributed by atoms with Crippen molar-refractivity contribution in [1.29, 1.82) is 0 Å². The minimum Gasteiger partial charge on any atom is -0.336 e. The molecule has 1 atom stereocenters. The Kier molecular flexibility index (Phi) is 4.09. The van der Waals surface area contributed by atoms with Crippen LogP contribution in [0.3, 0.4) is 0 Å². The minimum atomic E-state index is 0.102. The van der Waals surface area contributed by atoms with Gasteiger partial charge in [0.15, 0.2) is 0 Å². The zero-order chi connectivity index (χ0) is 18.2. The second kappa shape index (κ2) is 6.74. The van der Waals surface area contributed by atoms with Crippen molar-refractivity contribution in [3.63, 3.8) is 0 Å². The molecule has 2 aromatic heterocycles. The van der Waals surface area contributed by atoms with Gasteiger partial charge in [0.05, 0.1) is 29.1 Å². The summed E-state index contributed by atoms with van der Waals surface area (Å²) in [5.74, 6) is 1.00. The van der Waals surface area contributed by atoms with E-state index >= 15 is 0 Å². The molecule has 27 heavy (non-hydrogen) atoms. The van der Waals surface area contributed by atoms with Gasteiger partial charge in [-0.2, -0.15) is 0 Å². The van der Waals surface area contributed by atoms with Gasteiger partial charge in [0.25, 0.3) is 0 Å². The van der Waals surface area contributed by atoms with E-state index in [4.69, 9.17) is 4.98 Å². The molecule has 1 N–H and O–H groups in total. The van der Waals surface area contributed by atoms with Crippen molar-refractivity contribution in [3.8, 4) is 0 Å². The number of hydrogen-bond donors (Lipinski definition) is 1. The van der Waals surface area contributed by atoms with Crippen molar-refractivity contribution in [2.24, 2.45) is 0 Å². The molecule has 0 spiro atoms. The standard InChI is InChI=1S/C20H22N6O/c27-19(12-26-13-23-16-4-1-2-6-18(16)26)25-9-7-15-14(11-25)10-22-20(24-15)17-5-3-8-21-17/h1-2,4,6,10,13,17,21H,3,5,7-9,11-12H2/t17-/m0/s1. The number of nitrogens with zero attached hydrogens (tertiary/aromatic N) is 5. The monoisotopic (exact) mass is 362 g/mol. The lowest BCUT2D eigenvalue weighted by Gasteiger charge is -2.28. The average molecular weight is 362 g/mol. The van der Waals surface area contributed by atoms with Crippen molar-refractivity contribution in [2.75, 3.05) is 13.1 Å². The maximum Gasteiger partial charge on any atom is 0.242 e. The molecule has 4 heterocycles. The topological polar surface area (TPSA) is 75.9 Å². The molecular formula is C20H22N6O. The Labute approximate surface area is 157 Å². The van der Waals surface area contributed by atoms with Gasteiger partial charge in [0.2, 0.25) is 5.91 Å². The Hall–Kier alpha value is -2.80. The summed E-state index contributed by atoms with van der Waals surface area (Å²) in [6, 6.07) is 8.16. The highest BCUT2D eigenvalue weighted by Crippen LogP contribution is 2.23. The Bertz CT molecular complexity index is 991. The number of carbonyl (C=O) groups excluding carboxylic acids is 1. The van der Waals surface area contributed by atoms with Crippen molar-refractivity contribution in [1.82, 2.24) is 29.7 Å². The van der Waals surface area contributed by atoms with Crippen molar-refractivity contribution >= 4 is 16.9 Å². The molecule has 1 amide bonds. The van der Waals surface area contributed by atoms with Crippen LogP contribution in [0.2, 0.25) is 0 Å². The van der Waals surface area contributed by atoms with E-state index in [1.54, 1.807) is 6.33 Å². The van der Waals surface area contributed by atoms with E-state index in [-0.39, 0.29) is 11.9 Å². The van der Waals surface area contributed by atoms with E-state index in [1.165, 1.54) is 6.42 Å². The number of carbonyl (C=O) groups is 1. The van der Waals surface area contributed by atoms with Crippen LogP contribution in [0.25, 0.3) is 11.0 Å². The number of benzene rings is 1. The Balaban J connectivity index is 1.30. The molecule has 1 aromatic carbocycles. The fraction of sp³-hybridized carbons (Fsp3) is 0.400. The fourth-order valence-corrected chi connectivity index (χ4v) is 4.00. The predicted octanol–water partition coefficient (Wildman–Crippen LogP) is 1.84. The molecule has 0 bridgehead atoms. The van der Waals surface area contributed by atoms with Crippen LogP contribution in [0.4, 0.5) is 0 Å². The number of hydrogen-bond acceptors (Lipinski definition) is 5. The largest absolute Gasteiger partial charge is 0.336 e. The summed E-state index contributed by atoms with van der Waals surface area (Å²) in [6.07, 6.45) is 6.71. The quantitative estimate of drug-likeness (QED) is 0.769. The summed E-state index contributed by atoms with van der Waals surface area (Å²) in [5.41, 5.74) is 4.05. The molecule has 0 radical (unpaired) electrons. The minimum absolute atomic E-state index is 0.102. The van der Waals surface area contributed by atoms with Gasteiger partial charge < -0.3 is 14.8 Å². The van der Waals surface area contributed by atoms with Crippen LogP contribution in [0.1, 0.15) is 36.0 Å². The number of fused-ring (bicyclic) bond motifs is 2. The summed E-state index contributed by atoms with van der Waals surface area (Å²) in [7, 11) is 0. The highest BCUT2D eigenvalue weighted by atomic mass is 16.2. The molecule has 5 rings (SSSR count). The number of nitrogens with one attached hydrogen (secondary N) is 1. The van der Waals surface area contributed by atoms with Gasteiger partial charge in [-0.25, -0.2) is 15.0 Å². The van der Waals surface area contributed by atoms with E-state index in [0.29, 0.717) is 19.6 Å². The maximum atomic E-state index is 12.8. The van der Waals surface area contributed by atoms with Gasteiger partial charge in [-0.1, -0.05) is 12.1 Å². The van der Waals surface area contributed by atoms with E-state index in [0.717, 1.165) is 47.5 Å². The fourth-order valence-electron chi connectivity index (χ4n) is 4.00. The highest BCUT2D eigenvalue weighted by Gasteiger charge is 2.25. The molecule has 0 aliphatic carbocycles. The molecule has 2 aliphatic heterocycles. The van der Waals surface area contributed by atoms with E-state index in [2.05, 4.69) is 15.3 Å². The van der Waals surface area contributed by atoms with Gasteiger partial charge in [-0.05, 0) is 31.5 Å². The molecule has 1 fully saturated rings. The van der Waals surface area contributed by atoms with Crippen molar-refractivity contribution in [3.05, 3.63) is 53.9 Å². The van der Waals surface area contributed by atoms with E-state index < -0.39 is 0 Å². The average Bonchev–Trinajstić information content (AvgIpc) is 3.38. The summed E-state index contributed by atoms with van der Waals surface area (Å²) >= 11 is 0. The Morgan fingerprint density at radius 3 is 3.07 bits per heavy atom. The molecular weight excluding hydrogens is 340 g/mol. The molecule has 2 aliphatic rings. The molecule has 0 saturated carbocycles. The Morgan fingerprint density at radius 2 is 2.19 bits per heavy atom. The van der Waals surface area contributed by atoms with Crippen LogP contribution < -0.4 is 5.32 Å². The first-order chi connectivity index (χ1) is 13.3. The van der Waals surface area contributed by atoms with Crippen LogP contribution in [0, 0.1) is 0 Å². The number of rotatable bonds is 3. The molecule has 138 valence electrons. The smallest absolute Gasteiger partial charge is 0.242 e. The summed E-state index contributed by atoms with van der Waals surface area (Å²) < 4.78 is 1.92. The summed E-state index contributed by atoms with van der Waals surface area (Å²) in [6.45, 7) is 2.63. The molecule has 1 saturated heterocycles. The van der Waals surface area contributed by atoms with E-state index in [9.17, 15) is 4.79 Å². The van der Waals surface area contributed by atoms with Gasteiger partial charge in [-0.3, -0.25) is 4.79 Å². The zero-order valence-electron chi connectivity index (χ0n) is 15.1. The first kappa shape index (κ1) is 16.4. The lowest BCUT2D eigenvalue weighted by Crippen LogP contribution is -2.38. The third kappa shape index (κ3) is 3.08. The maximum absolute atomic E-state index is 12.8. The van der Waals surface area contributed by atoms with Crippen molar-refractivity contribution in [2.45, 2.75) is 38.4 Å². The van der Waals surface area contributed by atoms with Crippen LogP contribution >= 0.6 is 0 Å². The summed E-state index contributed by atoms with van der Waals surface area (Å²) in [5, 5.41) is 3.45. The lowest BCUT2D eigenvalue weighted by molar-refractivity contribution is -0.132. The molecule has 7 heteroatoms. The number of para-hydroxylation sites is 2. The second-order valence-electron chi connectivity index (χ2n) is 7.28. The van der Waals surface area contributed by atoms with E-state index in [1.807, 2.05) is 39.9 Å². The SMILES string of the molecule is O=C(Cn1cnc2ccccc21)N1CCc2nc([C@@H]3CCCN3)ncc2C1. The summed E-state index contributed by atoms with van der Waals surface area (Å²) in [4.78, 5) is 28.4. The third-order valence-electron chi connectivity index (χ3n) is 5.51.